The van der Waals surface area contributed by atoms with E-state index in [4.69, 9.17) is 35.8 Å². The van der Waals surface area contributed by atoms with Crippen LogP contribution < -0.4 is 16.9 Å². The van der Waals surface area contributed by atoms with Crippen molar-refractivity contribution < 1.29 is 42.4 Å². The fraction of sp³-hybridized carbons (Fsp3) is 0.389. The van der Waals surface area contributed by atoms with Gasteiger partial charge in [0.25, 0.3) is 11.1 Å². The van der Waals surface area contributed by atoms with Crippen molar-refractivity contribution in [2.75, 3.05) is 12.3 Å². The molecule has 0 radical (unpaired) electrons. The number of aliphatic hydroxyl groups is 2. The molecule has 1 aliphatic rings. The Morgan fingerprint density at radius 3 is 2.83 bits per heavy atom. The van der Waals surface area contributed by atoms with E-state index in [1.165, 1.54) is 4.57 Å². The summed E-state index contributed by atoms with van der Waals surface area (Å²) in [6.45, 7) is -4.84. The molecule has 3 unspecified atom stereocenters. The van der Waals surface area contributed by atoms with Gasteiger partial charge in [-0.05, 0) is 16.4 Å². The van der Waals surface area contributed by atoms with Crippen LogP contribution >= 0.6 is 26.2 Å². The zero-order valence-corrected chi connectivity index (χ0v) is 23.7. The Labute approximate surface area is 237 Å². The maximum absolute atomic E-state index is 14.5. The smallest absolute Gasteiger partial charge is 0.369 e. The van der Waals surface area contributed by atoms with E-state index >= 15 is 0 Å². The maximum atomic E-state index is 14.5. The highest BCUT2D eigenvalue weighted by Gasteiger charge is 2.43. The Bertz CT molecular complexity index is 1800. The topological polar surface area (TPSA) is 255 Å². The van der Waals surface area contributed by atoms with Crippen molar-refractivity contribution in [1.82, 2.24) is 34.1 Å². The second-order valence-electron chi connectivity index (χ2n) is 8.51. The van der Waals surface area contributed by atoms with Crippen LogP contribution in [0.4, 0.5) is 10.3 Å². The van der Waals surface area contributed by atoms with Crippen LogP contribution in [0, 0.1) is 5.82 Å². The monoisotopic (exact) mass is 653 g/mol. The van der Waals surface area contributed by atoms with Gasteiger partial charge in [-0.15, -0.1) is 4.52 Å². The lowest BCUT2D eigenvalue weighted by Gasteiger charge is -2.25. The second-order valence-corrected chi connectivity index (χ2v) is 13.0. The summed E-state index contributed by atoms with van der Waals surface area (Å²) in [4.78, 5) is 50.6. The quantitative estimate of drug-likeness (QED) is 0.0670. The highest BCUT2D eigenvalue weighted by molar-refractivity contribution is 8.39. The molecule has 18 nitrogen and oxygen atoms in total. The lowest BCUT2D eigenvalue weighted by molar-refractivity contribution is -0.141. The predicted molar refractivity (Wildman–Crippen MR) is 144 cm³/mol. The number of nitrogens with one attached hydrogen (secondary N) is 2. The number of aromatic amines is 2. The zero-order chi connectivity index (χ0) is 29.6. The number of nitrogen functional groups attached to an aromatic ring is 1. The minimum absolute atomic E-state index is 0.0210. The molecule has 4 aromatic heterocycles. The number of ether oxygens (including phenoxy) is 1. The molecule has 1 saturated heterocycles. The van der Waals surface area contributed by atoms with Gasteiger partial charge in [0.1, 0.15) is 36.1 Å². The van der Waals surface area contributed by atoms with Crippen LogP contribution in [0.5, 0.6) is 0 Å². The molecule has 23 heteroatoms. The van der Waals surface area contributed by atoms with Gasteiger partial charge in [0, 0.05) is 12.6 Å². The van der Waals surface area contributed by atoms with Crippen molar-refractivity contribution in [2.45, 2.75) is 37.4 Å². The number of aliphatic hydroxyl groups excluding tert-OH is 2. The molecule has 0 aliphatic carbocycles. The first-order chi connectivity index (χ1) is 19.3. The summed E-state index contributed by atoms with van der Waals surface area (Å²) in [6.07, 6.45) is -4.13. The predicted octanol–water partition coefficient (Wildman–Crippen LogP) is -0.102. The average Bonchev–Trinajstić information content (AvgIpc) is 3.58. The first-order valence-electron chi connectivity index (χ1n) is 11.3. The van der Waals surface area contributed by atoms with Crippen LogP contribution in [-0.2, 0) is 34.7 Å². The molecule has 7 atom stereocenters. The number of hydrogen-bond donors (Lipinski definition) is 7. The van der Waals surface area contributed by atoms with Crippen LogP contribution in [0.15, 0.2) is 28.4 Å². The summed E-state index contributed by atoms with van der Waals surface area (Å²) in [7, 11) is -2.44. The number of nitrogens with zero attached hydrogens (tertiary/aromatic N) is 5. The second kappa shape index (κ2) is 11.5. The Morgan fingerprint density at radius 2 is 2.10 bits per heavy atom. The first-order valence-corrected chi connectivity index (χ1v) is 16.2. The van der Waals surface area contributed by atoms with Gasteiger partial charge in [-0.1, -0.05) is 0 Å². The molecule has 1 aliphatic heterocycles. The Hall–Kier alpha value is -2.68. The lowest BCUT2D eigenvalue weighted by atomic mass is 10.2. The van der Waals surface area contributed by atoms with Crippen molar-refractivity contribution in [2.24, 2.45) is 0 Å². The fourth-order valence-corrected chi connectivity index (χ4v) is 6.22. The molecule has 5 rings (SSSR count). The number of nitrogens with two attached hydrogens (primary N) is 1. The molecular formula is C18H20FN8O10P2S2+. The average molecular weight is 653 g/mol. The molecule has 220 valence electrons. The number of imidazole rings is 1. The highest BCUT2D eigenvalue weighted by Crippen LogP contribution is 2.48. The number of halogens is 1. The van der Waals surface area contributed by atoms with Crippen molar-refractivity contribution in [3.05, 3.63) is 45.4 Å². The minimum atomic E-state index is -4.31. The first kappa shape index (κ1) is 29.8. The molecule has 4 aromatic rings. The largest absolute Gasteiger partial charge is 0.582 e. The third kappa shape index (κ3) is 6.11. The summed E-state index contributed by atoms with van der Waals surface area (Å²) in [5, 5.41) is 20.6. The molecule has 41 heavy (non-hydrogen) atoms. The van der Waals surface area contributed by atoms with Crippen LogP contribution in [0.25, 0.3) is 22.2 Å². The number of thiol groups is 1. The summed E-state index contributed by atoms with van der Waals surface area (Å²) < 4.78 is 49.7. The van der Waals surface area contributed by atoms with Gasteiger partial charge in [0.05, 0.1) is 19.3 Å². The SMILES string of the molecule is Nc1nc2c(ncn2[C@H](O)C(O)OP(O)(=S)OC[C@H]2O[C@@H](n3cc(F)c4c(=O)[nH]cnc43)C[C@@H]2O[P+](=O)S)c(=O)[nH]1. The van der Waals surface area contributed by atoms with E-state index in [2.05, 4.69) is 37.2 Å². The van der Waals surface area contributed by atoms with Crippen molar-refractivity contribution >= 4 is 66.1 Å². The van der Waals surface area contributed by atoms with Gasteiger partial charge < -0.3 is 39.7 Å². The van der Waals surface area contributed by atoms with E-state index in [0.29, 0.717) is 0 Å². The number of rotatable bonds is 10. The molecule has 0 spiro atoms. The van der Waals surface area contributed by atoms with E-state index in [1.807, 2.05) is 0 Å². The highest BCUT2D eigenvalue weighted by atomic mass is 32.7. The maximum Gasteiger partial charge on any atom is 0.582 e. The number of H-pyrrole nitrogens is 2. The van der Waals surface area contributed by atoms with Crippen LogP contribution in [-0.4, -0.2) is 74.3 Å². The third-order valence-corrected chi connectivity index (χ3v) is 8.19. The minimum Gasteiger partial charge on any atom is -0.369 e. The van der Waals surface area contributed by atoms with Gasteiger partial charge in [0.15, 0.2) is 28.9 Å². The Morgan fingerprint density at radius 1 is 1.34 bits per heavy atom. The molecule has 1 fully saturated rings. The summed E-state index contributed by atoms with van der Waals surface area (Å²) >= 11 is 8.68. The lowest BCUT2D eigenvalue weighted by Crippen LogP contribution is -2.29. The molecule has 0 amide bonds. The normalized spacial score (nSPS) is 22.7. The third-order valence-electron chi connectivity index (χ3n) is 5.92. The van der Waals surface area contributed by atoms with Crippen molar-refractivity contribution in [3.8, 4) is 0 Å². The van der Waals surface area contributed by atoms with Crippen LogP contribution in [0.3, 0.4) is 0 Å². The van der Waals surface area contributed by atoms with E-state index < -0.39 is 68.4 Å². The Kier molecular flexibility index (Phi) is 8.39. The van der Waals surface area contributed by atoms with Gasteiger partial charge >= 0.3 is 13.9 Å². The number of aromatic nitrogens is 7. The van der Waals surface area contributed by atoms with Crippen LogP contribution in [0.1, 0.15) is 18.9 Å². The van der Waals surface area contributed by atoms with Gasteiger partial charge in [-0.2, -0.15) is 4.98 Å². The molecule has 5 heterocycles. The van der Waals surface area contributed by atoms with Crippen LogP contribution in [0.2, 0.25) is 0 Å². The number of anilines is 1. The zero-order valence-electron chi connectivity index (χ0n) is 20.2. The molecule has 0 bridgehead atoms. The summed E-state index contributed by atoms with van der Waals surface area (Å²) in [5.41, 5.74) is 3.71. The van der Waals surface area contributed by atoms with E-state index in [-0.39, 0.29) is 34.6 Å². The van der Waals surface area contributed by atoms with Gasteiger partial charge in [0.2, 0.25) is 12.2 Å². The molecule has 0 saturated carbocycles. The van der Waals surface area contributed by atoms with E-state index in [1.54, 1.807) is 0 Å². The number of fused-ring (bicyclic) bond motifs is 2. The van der Waals surface area contributed by atoms with Gasteiger partial charge in [-0.3, -0.25) is 23.7 Å². The van der Waals surface area contributed by atoms with Crippen molar-refractivity contribution in [1.29, 1.82) is 0 Å². The number of hydrogen-bond acceptors (Lipinski definition) is 14. The summed E-state index contributed by atoms with van der Waals surface area (Å²) in [6, 6.07) is 0. The van der Waals surface area contributed by atoms with E-state index in [9.17, 15) is 33.7 Å². The Balaban J connectivity index is 1.29. The van der Waals surface area contributed by atoms with Crippen molar-refractivity contribution in [3.63, 3.8) is 0 Å². The summed E-state index contributed by atoms with van der Waals surface area (Å²) in [5.74, 6) is -1.13. The molecule has 0 aromatic carbocycles. The fourth-order valence-electron chi connectivity index (χ4n) is 4.18. The molecular weight excluding hydrogens is 633 g/mol. The standard InChI is InChI=1S/C18H19FN8O10P2S2/c19-6-2-26(12-10(6)14(28)22-4-21-12)9-1-7(36-38(32)40)8(35-9)3-34-39(33,41)37-17(31)16(30)27-5-23-11-13(27)24-18(20)25-15(11)29/h2,4-5,7-9,16-17,30-31H,1,3H2,(H5-,20,21,22,24,25,28,29,32,33,40,41)/p+1/t7-,8+,9+,16+,17?,39?/m0/s1. The van der Waals surface area contributed by atoms with E-state index in [0.717, 1.165) is 23.4 Å². The molecule has 7 N–H and O–H groups in total. The van der Waals surface area contributed by atoms with Gasteiger partial charge in [-0.25, -0.2) is 14.4 Å².